The number of fused-ring (bicyclic) bond motifs is 3. The fourth-order valence-corrected chi connectivity index (χ4v) is 5.03. The largest absolute Gasteiger partial charge is 0.492 e. The van der Waals surface area contributed by atoms with Crippen LogP contribution in [0.25, 0.3) is 17.2 Å². The van der Waals surface area contributed by atoms with E-state index in [1.165, 1.54) is 12.1 Å². The quantitative estimate of drug-likeness (QED) is 0.351. The van der Waals surface area contributed by atoms with Crippen molar-refractivity contribution >= 4 is 25.3 Å². The molecule has 3 aromatic rings. The van der Waals surface area contributed by atoms with Crippen LogP contribution in [0.5, 0.6) is 0 Å². The summed E-state index contributed by atoms with van der Waals surface area (Å²) >= 11 is 0. The Morgan fingerprint density at radius 2 is 1.55 bits per heavy atom. The molecular weight excluding hydrogens is 512 g/mol. The number of carbonyl (C=O) groups excluding carboxylic acids is 1. The van der Waals surface area contributed by atoms with Gasteiger partial charge in [0.25, 0.3) is 0 Å². The minimum absolute atomic E-state index is 0.00722. The van der Waals surface area contributed by atoms with Gasteiger partial charge in [-0.3, -0.25) is 0 Å². The van der Waals surface area contributed by atoms with Crippen LogP contribution in [0, 0.1) is 5.82 Å². The molecule has 3 aromatic carbocycles. The van der Waals surface area contributed by atoms with Gasteiger partial charge in [0.2, 0.25) is 0 Å². The molecule has 0 aromatic heterocycles. The number of amides is 1. The van der Waals surface area contributed by atoms with Gasteiger partial charge in [-0.15, -0.1) is 0 Å². The van der Waals surface area contributed by atoms with Crippen molar-refractivity contribution in [2.75, 3.05) is 13.2 Å². The van der Waals surface area contributed by atoms with Crippen molar-refractivity contribution in [3.63, 3.8) is 0 Å². The smallest absolute Gasteiger partial charge is 0.478 e. The van der Waals surface area contributed by atoms with Gasteiger partial charge >= 0.3 is 19.2 Å². The second-order valence-corrected chi connectivity index (χ2v) is 11.0. The van der Waals surface area contributed by atoms with Gasteiger partial charge in [-0.05, 0) is 73.1 Å². The highest BCUT2D eigenvalue weighted by molar-refractivity contribution is 6.56. The molecule has 206 valence electrons. The number of carboxylic acids is 1. The van der Waals surface area contributed by atoms with Crippen LogP contribution in [0.1, 0.15) is 60.7 Å². The Kier molecular flexibility index (Phi) is 7.29. The maximum atomic E-state index is 14.0. The molecule has 0 atom stereocenters. The van der Waals surface area contributed by atoms with Crippen LogP contribution in [0.15, 0.2) is 72.2 Å². The average Bonchev–Trinajstić information content (AvgIpc) is 3.35. The van der Waals surface area contributed by atoms with Crippen LogP contribution in [-0.2, 0) is 14.0 Å². The van der Waals surface area contributed by atoms with Gasteiger partial charge in [-0.2, -0.15) is 0 Å². The van der Waals surface area contributed by atoms with Gasteiger partial charge in [0.05, 0.1) is 16.8 Å². The summed E-state index contributed by atoms with van der Waals surface area (Å²) in [6.45, 7) is 7.80. The first-order chi connectivity index (χ1) is 19.0. The van der Waals surface area contributed by atoms with Crippen LogP contribution in [0.4, 0.5) is 9.18 Å². The fraction of sp³-hybridized carbons (Fsp3) is 0.290. The van der Waals surface area contributed by atoms with E-state index in [9.17, 15) is 19.1 Å². The van der Waals surface area contributed by atoms with Crippen LogP contribution in [-0.4, -0.2) is 48.6 Å². The molecule has 1 amide bonds. The molecule has 0 spiro atoms. The van der Waals surface area contributed by atoms with Crippen molar-refractivity contribution in [3.05, 3.63) is 100 Å². The number of carbonyl (C=O) groups is 2. The lowest BCUT2D eigenvalue weighted by Crippen LogP contribution is -2.41. The molecule has 1 aliphatic heterocycles. The molecule has 0 unspecified atom stereocenters. The summed E-state index contributed by atoms with van der Waals surface area (Å²) in [4.78, 5) is 24.3. The third-order valence-electron chi connectivity index (χ3n) is 7.91. The van der Waals surface area contributed by atoms with E-state index >= 15 is 0 Å². The number of halogens is 1. The summed E-state index contributed by atoms with van der Waals surface area (Å²) in [6.07, 6.45) is 1.02. The Balaban J connectivity index is 1.33. The minimum atomic E-state index is -1.37. The van der Waals surface area contributed by atoms with Gasteiger partial charge in [0.15, 0.2) is 0 Å². The molecule has 0 bridgehead atoms. The predicted molar refractivity (Wildman–Crippen MR) is 150 cm³/mol. The SMILES string of the molecule is CC1(C)OB(C(=Cc2ccc(F)c(C(=O)O)c2)CNC(=O)OCC2c3ccccc3-c3ccccc32)OC1(C)C. The normalized spacial score (nSPS) is 17.3. The van der Waals surface area contributed by atoms with Gasteiger partial charge in [0.1, 0.15) is 12.4 Å². The number of benzene rings is 3. The topological polar surface area (TPSA) is 94.1 Å². The highest BCUT2D eigenvalue weighted by Crippen LogP contribution is 2.44. The Morgan fingerprint density at radius 1 is 0.975 bits per heavy atom. The minimum Gasteiger partial charge on any atom is -0.478 e. The van der Waals surface area contributed by atoms with Crippen molar-refractivity contribution in [2.24, 2.45) is 0 Å². The molecule has 1 aliphatic carbocycles. The molecule has 0 radical (unpaired) electrons. The molecule has 9 heteroatoms. The first-order valence-electron chi connectivity index (χ1n) is 13.1. The molecule has 5 rings (SSSR count). The third-order valence-corrected chi connectivity index (χ3v) is 7.91. The summed E-state index contributed by atoms with van der Waals surface area (Å²) in [5.74, 6) is -2.29. The molecule has 1 heterocycles. The standard InChI is InChI=1S/C31H31BFNO6/c1-30(2)31(3,4)40-32(39-30)20(15-19-13-14-27(33)25(16-19)28(35)36)17-34-29(37)38-18-26-23-11-7-5-9-21(23)22-10-6-8-12-24(22)26/h5-16,26H,17-18H2,1-4H3,(H,34,37)(H,35,36). The van der Waals surface area contributed by atoms with E-state index in [0.717, 1.165) is 28.3 Å². The zero-order valence-electron chi connectivity index (χ0n) is 22.9. The van der Waals surface area contributed by atoms with Gasteiger partial charge in [0, 0.05) is 12.5 Å². The van der Waals surface area contributed by atoms with Crippen molar-refractivity contribution in [3.8, 4) is 11.1 Å². The summed E-state index contributed by atoms with van der Waals surface area (Å²) in [6, 6.07) is 20.0. The number of aromatic carboxylic acids is 1. The maximum Gasteiger partial charge on any atom is 0.492 e. The number of rotatable bonds is 7. The molecule has 7 nitrogen and oxygen atoms in total. The maximum absolute atomic E-state index is 14.0. The van der Waals surface area contributed by atoms with E-state index in [1.54, 1.807) is 6.08 Å². The number of alkyl carbamates (subject to hydrolysis) is 1. The first kappa shape index (κ1) is 27.6. The summed E-state index contributed by atoms with van der Waals surface area (Å²) in [7, 11) is -0.822. The predicted octanol–water partition coefficient (Wildman–Crippen LogP) is 6.08. The van der Waals surface area contributed by atoms with Gasteiger partial charge in [-0.25, -0.2) is 14.0 Å². The highest BCUT2D eigenvalue weighted by Gasteiger charge is 2.52. The Labute approximate surface area is 233 Å². The summed E-state index contributed by atoms with van der Waals surface area (Å²) in [5.41, 5.74) is 3.71. The lowest BCUT2D eigenvalue weighted by atomic mass is 9.77. The second kappa shape index (κ2) is 10.6. The van der Waals surface area contributed by atoms with Crippen LogP contribution in [0.2, 0.25) is 0 Å². The average molecular weight is 543 g/mol. The Hall–Kier alpha value is -3.95. The fourth-order valence-electron chi connectivity index (χ4n) is 5.03. The summed E-state index contributed by atoms with van der Waals surface area (Å²) < 4.78 is 32.0. The van der Waals surface area contributed by atoms with Crippen LogP contribution in [0.3, 0.4) is 0 Å². The zero-order valence-corrected chi connectivity index (χ0v) is 22.9. The molecule has 40 heavy (non-hydrogen) atoms. The molecular formula is C31H31BFNO6. The van der Waals surface area contributed by atoms with E-state index in [4.69, 9.17) is 14.0 Å². The lowest BCUT2D eigenvalue weighted by molar-refractivity contribution is 0.00578. The van der Waals surface area contributed by atoms with Crippen molar-refractivity contribution in [1.82, 2.24) is 5.32 Å². The molecule has 1 saturated heterocycles. The van der Waals surface area contributed by atoms with E-state index in [0.29, 0.717) is 11.0 Å². The van der Waals surface area contributed by atoms with Crippen LogP contribution >= 0.6 is 0 Å². The number of hydrogen-bond acceptors (Lipinski definition) is 5. The van der Waals surface area contributed by atoms with Crippen molar-refractivity contribution < 1.29 is 33.1 Å². The van der Waals surface area contributed by atoms with E-state index < -0.39 is 41.8 Å². The van der Waals surface area contributed by atoms with E-state index in [-0.39, 0.29) is 19.1 Å². The third kappa shape index (κ3) is 5.27. The van der Waals surface area contributed by atoms with Gasteiger partial charge < -0.3 is 24.5 Å². The Bertz CT molecular complexity index is 1440. The number of carboxylic acid groups (broad SMARTS) is 1. The van der Waals surface area contributed by atoms with E-state index in [1.807, 2.05) is 52.0 Å². The molecule has 1 fully saturated rings. The first-order valence-corrected chi connectivity index (χ1v) is 13.1. The number of hydrogen-bond donors (Lipinski definition) is 2. The summed E-state index contributed by atoms with van der Waals surface area (Å²) in [5, 5.41) is 12.1. The zero-order chi connectivity index (χ0) is 28.7. The second-order valence-electron chi connectivity index (χ2n) is 11.0. The van der Waals surface area contributed by atoms with E-state index in [2.05, 4.69) is 29.6 Å². The number of nitrogens with one attached hydrogen (secondary N) is 1. The molecule has 2 N–H and O–H groups in total. The van der Waals surface area contributed by atoms with Crippen molar-refractivity contribution in [2.45, 2.75) is 44.8 Å². The highest BCUT2D eigenvalue weighted by atomic mass is 19.1. The molecule has 2 aliphatic rings. The molecule has 0 saturated carbocycles. The van der Waals surface area contributed by atoms with Crippen LogP contribution < -0.4 is 5.32 Å². The Morgan fingerprint density at radius 3 is 2.12 bits per heavy atom. The van der Waals surface area contributed by atoms with Gasteiger partial charge in [-0.1, -0.05) is 60.7 Å². The monoisotopic (exact) mass is 543 g/mol. The lowest BCUT2D eigenvalue weighted by Gasteiger charge is -2.32. The van der Waals surface area contributed by atoms with Crippen molar-refractivity contribution in [1.29, 1.82) is 0 Å². The number of ether oxygens (including phenoxy) is 1.